The van der Waals surface area contributed by atoms with Gasteiger partial charge in [-0.15, -0.1) is 6.58 Å². The summed E-state index contributed by atoms with van der Waals surface area (Å²) < 4.78 is 5.68. The van der Waals surface area contributed by atoms with Crippen LogP contribution in [0.15, 0.2) is 24.8 Å². The first-order chi connectivity index (χ1) is 8.88. The van der Waals surface area contributed by atoms with E-state index in [1.807, 2.05) is 6.08 Å². The van der Waals surface area contributed by atoms with Crippen LogP contribution in [0.1, 0.15) is 71.1 Å². The first-order valence-corrected chi connectivity index (χ1v) is 7.79. The van der Waals surface area contributed by atoms with Gasteiger partial charge in [0, 0.05) is 0 Å². The molecule has 0 amide bonds. The number of allylic oxidation sites excluding steroid dienone is 2. The van der Waals surface area contributed by atoms with E-state index < -0.39 is 0 Å². The van der Waals surface area contributed by atoms with Crippen molar-refractivity contribution in [3.63, 3.8) is 0 Å². The van der Waals surface area contributed by atoms with Crippen LogP contribution in [0, 0.1) is 0 Å². The normalized spacial score (nSPS) is 22.5. The van der Waals surface area contributed by atoms with Crippen LogP contribution in [0.4, 0.5) is 0 Å². The third-order valence-corrected chi connectivity index (χ3v) is 3.59. The molecule has 0 N–H and O–H groups in total. The summed E-state index contributed by atoms with van der Waals surface area (Å²) >= 11 is 0. The van der Waals surface area contributed by atoms with Crippen LogP contribution in [-0.2, 0) is 4.74 Å². The fourth-order valence-corrected chi connectivity index (χ4v) is 2.31. The molecule has 1 rings (SSSR count). The van der Waals surface area contributed by atoms with Gasteiger partial charge in [0.15, 0.2) is 0 Å². The van der Waals surface area contributed by atoms with Crippen LogP contribution in [-0.4, -0.2) is 12.2 Å². The number of unbranched alkanes of at least 4 members (excludes halogenated alkanes) is 6. The highest BCUT2D eigenvalue weighted by Gasteiger charge is 2.36. The summed E-state index contributed by atoms with van der Waals surface area (Å²) in [6.45, 7) is 6.00. The molecule has 18 heavy (non-hydrogen) atoms. The average Bonchev–Trinajstić information content (AvgIpc) is 3.12. The summed E-state index contributed by atoms with van der Waals surface area (Å²) in [5, 5.41) is 0. The Labute approximate surface area is 113 Å². The van der Waals surface area contributed by atoms with Gasteiger partial charge in [-0.3, -0.25) is 0 Å². The molecule has 0 radical (unpaired) electrons. The fraction of sp³-hybridized carbons (Fsp3) is 0.765. The molecule has 0 bridgehead atoms. The van der Waals surface area contributed by atoms with Crippen LogP contribution < -0.4 is 0 Å². The standard InChI is InChI=1S/C17H30O/c1-3-5-7-9-11-13-15-17-16(18-17)14-12-10-8-6-4-2/h4,11,13,16-17H,2-3,5-10,12,14-15H2,1H3. The number of rotatable bonds is 12. The lowest BCUT2D eigenvalue weighted by Gasteiger charge is -1.96. The molecule has 2 unspecified atom stereocenters. The molecule has 1 heterocycles. The minimum Gasteiger partial charge on any atom is -0.369 e. The van der Waals surface area contributed by atoms with Gasteiger partial charge in [-0.2, -0.15) is 0 Å². The third kappa shape index (κ3) is 7.71. The molecule has 1 nitrogen and oxygen atoms in total. The van der Waals surface area contributed by atoms with Crippen LogP contribution in [0.3, 0.4) is 0 Å². The Bertz CT molecular complexity index is 232. The minimum absolute atomic E-state index is 0.534. The van der Waals surface area contributed by atoms with Crippen molar-refractivity contribution in [3.8, 4) is 0 Å². The predicted molar refractivity (Wildman–Crippen MR) is 79.8 cm³/mol. The highest BCUT2D eigenvalue weighted by molar-refractivity contribution is 4.93. The predicted octanol–water partition coefficient (Wildman–Crippen LogP) is 5.42. The topological polar surface area (TPSA) is 12.5 Å². The van der Waals surface area contributed by atoms with Gasteiger partial charge in [-0.05, 0) is 38.5 Å². The van der Waals surface area contributed by atoms with E-state index in [1.54, 1.807) is 0 Å². The van der Waals surface area contributed by atoms with E-state index in [9.17, 15) is 0 Å². The van der Waals surface area contributed by atoms with Gasteiger partial charge >= 0.3 is 0 Å². The molecule has 1 fully saturated rings. The molecule has 1 aliphatic rings. The lowest BCUT2D eigenvalue weighted by molar-refractivity contribution is 0.358. The van der Waals surface area contributed by atoms with Crippen molar-refractivity contribution in [1.29, 1.82) is 0 Å². The zero-order valence-corrected chi connectivity index (χ0v) is 12.1. The summed E-state index contributed by atoms with van der Waals surface area (Å²) in [5.41, 5.74) is 0. The van der Waals surface area contributed by atoms with Gasteiger partial charge in [0.25, 0.3) is 0 Å². The van der Waals surface area contributed by atoms with Crippen LogP contribution >= 0.6 is 0 Å². The number of ether oxygens (including phenoxy) is 1. The molecular formula is C17H30O. The van der Waals surface area contributed by atoms with Crippen molar-refractivity contribution in [3.05, 3.63) is 24.8 Å². The summed E-state index contributed by atoms with van der Waals surface area (Å²) in [6, 6.07) is 0. The zero-order chi connectivity index (χ0) is 13.1. The maximum Gasteiger partial charge on any atom is 0.0876 e. The van der Waals surface area contributed by atoms with Crippen molar-refractivity contribution in [2.24, 2.45) is 0 Å². The molecule has 0 saturated carbocycles. The Balaban J connectivity index is 1.86. The Morgan fingerprint density at radius 1 is 0.944 bits per heavy atom. The summed E-state index contributed by atoms with van der Waals surface area (Å²) in [5.74, 6) is 0. The second-order valence-corrected chi connectivity index (χ2v) is 5.34. The summed E-state index contributed by atoms with van der Waals surface area (Å²) in [6.07, 6.45) is 20.5. The molecule has 0 aromatic heterocycles. The van der Waals surface area contributed by atoms with Crippen molar-refractivity contribution >= 4 is 0 Å². The average molecular weight is 250 g/mol. The van der Waals surface area contributed by atoms with Gasteiger partial charge in [-0.25, -0.2) is 0 Å². The van der Waals surface area contributed by atoms with E-state index in [1.165, 1.54) is 51.4 Å². The van der Waals surface area contributed by atoms with E-state index in [-0.39, 0.29) is 0 Å². The maximum absolute atomic E-state index is 5.68. The fourth-order valence-electron chi connectivity index (χ4n) is 2.31. The molecule has 0 spiro atoms. The molecule has 2 atom stereocenters. The summed E-state index contributed by atoms with van der Waals surface area (Å²) in [4.78, 5) is 0. The second-order valence-electron chi connectivity index (χ2n) is 5.34. The van der Waals surface area contributed by atoms with Crippen LogP contribution in [0.25, 0.3) is 0 Å². The Morgan fingerprint density at radius 2 is 1.78 bits per heavy atom. The molecule has 0 aromatic carbocycles. The molecule has 1 aliphatic heterocycles. The molecule has 1 saturated heterocycles. The van der Waals surface area contributed by atoms with Crippen LogP contribution in [0.5, 0.6) is 0 Å². The van der Waals surface area contributed by atoms with Crippen molar-refractivity contribution in [2.45, 2.75) is 83.3 Å². The molecule has 0 aromatic rings. The number of epoxide rings is 1. The quantitative estimate of drug-likeness (QED) is 0.256. The van der Waals surface area contributed by atoms with E-state index in [0.717, 1.165) is 12.8 Å². The molecule has 0 aliphatic carbocycles. The zero-order valence-electron chi connectivity index (χ0n) is 12.1. The highest BCUT2D eigenvalue weighted by atomic mass is 16.6. The smallest absolute Gasteiger partial charge is 0.0876 e. The second kappa shape index (κ2) is 10.4. The molecule has 1 heteroatoms. The SMILES string of the molecule is C=CCCCCCC1OC1CC=CCCCCC. The van der Waals surface area contributed by atoms with Gasteiger partial charge in [0.2, 0.25) is 0 Å². The van der Waals surface area contributed by atoms with Crippen molar-refractivity contribution < 1.29 is 4.74 Å². The van der Waals surface area contributed by atoms with Crippen molar-refractivity contribution in [2.75, 3.05) is 0 Å². The third-order valence-electron chi connectivity index (χ3n) is 3.59. The lowest BCUT2D eigenvalue weighted by atomic mass is 10.1. The van der Waals surface area contributed by atoms with Crippen molar-refractivity contribution in [1.82, 2.24) is 0 Å². The first-order valence-electron chi connectivity index (χ1n) is 7.79. The Hall–Kier alpha value is -0.560. The van der Waals surface area contributed by atoms with E-state index in [2.05, 4.69) is 25.7 Å². The first kappa shape index (κ1) is 15.5. The maximum atomic E-state index is 5.68. The minimum atomic E-state index is 0.534. The highest BCUT2D eigenvalue weighted by Crippen LogP contribution is 2.30. The monoisotopic (exact) mass is 250 g/mol. The number of hydrogen-bond donors (Lipinski definition) is 0. The van der Waals surface area contributed by atoms with E-state index >= 15 is 0 Å². The Kier molecular flexibility index (Phi) is 8.93. The largest absolute Gasteiger partial charge is 0.369 e. The van der Waals surface area contributed by atoms with E-state index in [0.29, 0.717) is 12.2 Å². The summed E-state index contributed by atoms with van der Waals surface area (Å²) in [7, 11) is 0. The van der Waals surface area contributed by atoms with E-state index in [4.69, 9.17) is 4.74 Å². The number of hydrogen-bond acceptors (Lipinski definition) is 1. The Morgan fingerprint density at radius 3 is 2.56 bits per heavy atom. The van der Waals surface area contributed by atoms with Crippen LogP contribution in [0.2, 0.25) is 0 Å². The van der Waals surface area contributed by atoms with Gasteiger partial charge < -0.3 is 4.74 Å². The lowest BCUT2D eigenvalue weighted by Crippen LogP contribution is -1.92. The molecule has 104 valence electrons. The van der Waals surface area contributed by atoms with Gasteiger partial charge in [0.1, 0.15) is 0 Å². The molecular weight excluding hydrogens is 220 g/mol. The van der Waals surface area contributed by atoms with Gasteiger partial charge in [-0.1, -0.05) is 50.8 Å². The van der Waals surface area contributed by atoms with Gasteiger partial charge in [0.05, 0.1) is 12.2 Å².